The lowest BCUT2D eigenvalue weighted by molar-refractivity contribution is -0.154. The van der Waals surface area contributed by atoms with Gasteiger partial charge in [-0.05, 0) is 44.9 Å². The molecule has 0 radical (unpaired) electrons. The van der Waals surface area contributed by atoms with E-state index in [2.05, 4.69) is 50.3 Å². The normalized spacial score (nSPS) is 12.7. The van der Waals surface area contributed by atoms with Gasteiger partial charge in [0.1, 0.15) is 6.10 Å². The largest absolute Gasteiger partial charge is 0.457 e. The van der Waals surface area contributed by atoms with Crippen molar-refractivity contribution in [2.24, 2.45) is 0 Å². The standard InChI is InChI=1S/C38H70O4/c1-3-5-7-9-11-13-15-17-18-19-20-21-22-24-26-28-30-32-34-41-36-37(35-39)42-38(40)33-31-29-27-25-23-16-14-12-10-8-6-4-2/h5,7,11,13,17-18,37,39H,3-4,6,8-10,12,14-16,19-36H2,1-2H3/b7-5-,13-11-,18-17-. The molecule has 0 aliphatic heterocycles. The van der Waals surface area contributed by atoms with E-state index in [-0.39, 0.29) is 12.6 Å². The number of ether oxygens (including phenoxy) is 2. The molecule has 4 heteroatoms. The van der Waals surface area contributed by atoms with E-state index in [0.29, 0.717) is 19.6 Å². The first-order chi connectivity index (χ1) is 20.7. The molecule has 0 bridgehead atoms. The molecular formula is C38H70O4. The van der Waals surface area contributed by atoms with Crippen LogP contribution in [-0.4, -0.2) is 37.0 Å². The number of aliphatic hydroxyl groups excluding tert-OH is 1. The average Bonchev–Trinajstić information content (AvgIpc) is 3.00. The maximum atomic E-state index is 12.1. The SMILES string of the molecule is CC/C=C\C/C=C\C/C=C\CCCCCCCCCCOCC(CO)OC(=O)CCCCCCCCCCCCCC. The number of hydrogen-bond acceptors (Lipinski definition) is 4. The Morgan fingerprint density at radius 2 is 1.07 bits per heavy atom. The summed E-state index contributed by atoms with van der Waals surface area (Å²) in [7, 11) is 0. The predicted octanol–water partition coefficient (Wildman–Crippen LogP) is 11.4. The van der Waals surface area contributed by atoms with Crippen molar-refractivity contribution < 1.29 is 19.4 Å². The zero-order chi connectivity index (χ0) is 30.6. The van der Waals surface area contributed by atoms with Gasteiger partial charge in [-0.1, -0.05) is 159 Å². The van der Waals surface area contributed by atoms with Gasteiger partial charge < -0.3 is 14.6 Å². The minimum atomic E-state index is -0.533. The van der Waals surface area contributed by atoms with Crippen molar-refractivity contribution >= 4 is 5.97 Å². The second-order valence-electron chi connectivity index (χ2n) is 11.9. The second-order valence-corrected chi connectivity index (χ2v) is 11.9. The third-order valence-corrected chi connectivity index (χ3v) is 7.73. The number of allylic oxidation sites excluding steroid dienone is 6. The molecule has 0 amide bonds. The van der Waals surface area contributed by atoms with Crippen LogP contribution >= 0.6 is 0 Å². The Bertz CT molecular complexity index is 625. The predicted molar refractivity (Wildman–Crippen MR) is 182 cm³/mol. The van der Waals surface area contributed by atoms with E-state index < -0.39 is 6.10 Å². The number of carbonyl (C=O) groups excluding carboxylic acids is 1. The summed E-state index contributed by atoms with van der Waals surface area (Å²) in [5, 5.41) is 9.54. The summed E-state index contributed by atoms with van der Waals surface area (Å²) in [6.45, 7) is 5.22. The fourth-order valence-electron chi connectivity index (χ4n) is 5.05. The van der Waals surface area contributed by atoms with Crippen molar-refractivity contribution in [2.45, 2.75) is 180 Å². The molecule has 1 atom stereocenters. The molecule has 42 heavy (non-hydrogen) atoms. The highest BCUT2D eigenvalue weighted by molar-refractivity contribution is 5.69. The number of unbranched alkanes of at least 4 members (excludes halogenated alkanes) is 19. The van der Waals surface area contributed by atoms with Crippen LogP contribution < -0.4 is 0 Å². The zero-order valence-electron chi connectivity index (χ0n) is 28.0. The maximum absolute atomic E-state index is 12.1. The van der Waals surface area contributed by atoms with E-state index >= 15 is 0 Å². The number of esters is 1. The molecule has 0 rings (SSSR count). The molecule has 0 aromatic heterocycles. The van der Waals surface area contributed by atoms with Crippen LogP contribution in [0.25, 0.3) is 0 Å². The van der Waals surface area contributed by atoms with Crippen LogP contribution in [0.1, 0.15) is 174 Å². The molecule has 0 heterocycles. The average molecular weight is 591 g/mol. The molecular weight excluding hydrogens is 520 g/mol. The van der Waals surface area contributed by atoms with Crippen LogP contribution in [0, 0.1) is 0 Å². The van der Waals surface area contributed by atoms with Crippen LogP contribution in [-0.2, 0) is 14.3 Å². The van der Waals surface area contributed by atoms with Crippen molar-refractivity contribution in [3.8, 4) is 0 Å². The third-order valence-electron chi connectivity index (χ3n) is 7.73. The summed E-state index contributed by atoms with van der Waals surface area (Å²) in [5.74, 6) is -0.205. The van der Waals surface area contributed by atoms with Gasteiger partial charge in [-0.15, -0.1) is 0 Å². The summed E-state index contributed by atoms with van der Waals surface area (Å²) >= 11 is 0. The highest BCUT2D eigenvalue weighted by Crippen LogP contribution is 2.13. The lowest BCUT2D eigenvalue weighted by atomic mass is 10.0. The van der Waals surface area contributed by atoms with Crippen molar-refractivity contribution in [2.75, 3.05) is 19.8 Å². The van der Waals surface area contributed by atoms with Gasteiger partial charge in [0.25, 0.3) is 0 Å². The van der Waals surface area contributed by atoms with Gasteiger partial charge in [-0.25, -0.2) is 0 Å². The molecule has 4 nitrogen and oxygen atoms in total. The summed E-state index contributed by atoms with van der Waals surface area (Å²) in [4.78, 5) is 12.1. The van der Waals surface area contributed by atoms with E-state index in [1.54, 1.807) is 0 Å². The summed E-state index contributed by atoms with van der Waals surface area (Å²) in [6.07, 6.45) is 43.2. The smallest absolute Gasteiger partial charge is 0.306 e. The molecule has 1 N–H and O–H groups in total. The molecule has 0 saturated carbocycles. The first-order valence-corrected chi connectivity index (χ1v) is 18.1. The van der Waals surface area contributed by atoms with E-state index in [4.69, 9.17) is 9.47 Å². The fraction of sp³-hybridized carbons (Fsp3) is 0.816. The summed E-state index contributed by atoms with van der Waals surface area (Å²) < 4.78 is 11.1. The molecule has 0 aromatic carbocycles. The molecule has 0 aromatic rings. The maximum Gasteiger partial charge on any atom is 0.306 e. The van der Waals surface area contributed by atoms with Crippen LogP contribution in [0.4, 0.5) is 0 Å². The van der Waals surface area contributed by atoms with Gasteiger partial charge in [0, 0.05) is 13.0 Å². The van der Waals surface area contributed by atoms with Crippen molar-refractivity contribution in [3.63, 3.8) is 0 Å². The van der Waals surface area contributed by atoms with Gasteiger partial charge in [0.2, 0.25) is 0 Å². The monoisotopic (exact) mass is 591 g/mol. The Kier molecular flexibility index (Phi) is 34.6. The molecule has 0 aliphatic rings. The fourth-order valence-corrected chi connectivity index (χ4v) is 5.05. The topological polar surface area (TPSA) is 55.8 Å². The molecule has 0 spiro atoms. The Morgan fingerprint density at radius 1 is 0.595 bits per heavy atom. The van der Waals surface area contributed by atoms with E-state index in [1.807, 2.05) is 0 Å². The number of carbonyl (C=O) groups is 1. The first kappa shape index (κ1) is 40.6. The number of rotatable bonds is 33. The van der Waals surface area contributed by atoms with Gasteiger partial charge >= 0.3 is 5.97 Å². The molecule has 1 unspecified atom stereocenters. The van der Waals surface area contributed by atoms with Crippen LogP contribution in [0.15, 0.2) is 36.5 Å². The quantitative estimate of drug-likeness (QED) is 0.0469. The van der Waals surface area contributed by atoms with E-state index in [1.165, 1.54) is 116 Å². The lowest BCUT2D eigenvalue weighted by Crippen LogP contribution is -2.27. The Labute approximate surface area is 261 Å². The first-order valence-electron chi connectivity index (χ1n) is 18.1. The minimum Gasteiger partial charge on any atom is -0.457 e. The third kappa shape index (κ3) is 33.1. The molecule has 0 aliphatic carbocycles. The Hall–Kier alpha value is -1.39. The highest BCUT2D eigenvalue weighted by Gasteiger charge is 2.13. The van der Waals surface area contributed by atoms with Crippen molar-refractivity contribution in [1.29, 1.82) is 0 Å². The van der Waals surface area contributed by atoms with Crippen LogP contribution in [0.5, 0.6) is 0 Å². The minimum absolute atomic E-state index is 0.173. The van der Waals surface area contributed by atoms with Crippen LogP contribution in [0.3, 0.4) is 0 Å². The number of aliphatic hydroxyl groups is 1. The number of hydrogen-bond donors (Lipinski definition) is 1. The zero-order valence-corrected chi connectivity index (χ0v) is 28.0. The second kappa shape index (κ2) is 35.8. The lowest BCUT2D eigenvalue weighted by Gasteiger charge is -2.16. The van der Waals surface area contributed by atoms with E-state index in [9.17, 15) is 9.90 Å². The highest BCUT2D eigenvalue weighted by atomic mass is 16.6. The molecule has 0 saturated heterocycles. The van der Waals surface area contributed by atoms with Crippen LogP contribution in [0.2, 0.25) is 0 Å². The van der Waals surface area contributed by atoms with Gasteiger partial charge in [0.05, 0.1) is 13.2 Å². The van der Waals surface area contributed by atoms with Gasteiger partial charge in [0.15, 0.2) is 0 Å². The Balaban J connectivity index is 3.44. The molecule has 246 valence electrons. The Morgan fingerprint density at radius 3 is 1.62 bits per heavy atom. The van der Waals surface area contributed by atoms with Crippen molar-refractivity contribution in [3.05, 3.63) is 36.5 Å². The van der Waals surface area contributed by atoms with Gasteiger partial charge in [-0.3, -0.25) is 4.79 Å². The summed E-state index contributed by atoms with van der Waals surface area (Å²) in [6, 6.07) is 0. The van der Waals surface area contributed by atoms with Crippen molar-refractivity contribution in [1.82, 2.24) is 0 Å². The van der Waals surface area contributed by atoms with E-state index in [0.717, 1.165) is 38.5 Å². The molecule has 0 fully saturated rings. The summed E-state index contributed by atoms with van der Waals surface area (Å²) in [5.41, 5.74) is 0. The van der Waals surface area contributed by atoms with Gasteiger partial charge in [-0.2, -0.15) is 0 Å².